The quantitative estimate of drug-likeness (QED) is 0.563. The van der Waals surface area contributed by atoms with E-state index in [1.165, 1.54) is 18.3 Å². The molecule has 3 heterocycles. The molecular weight excluding hydrogens is 371 g/mol. The monoisotopic (exact) mass is 390 g/mol. The number of hydrogen-bond donors (Lipinski definition) is 1. The van der Waals surface area contributed by atoms with E-state index in [4.69, 9.17) is 4.52 Å². The predicted molar refractivity (Wildman–Crippen MR) is 106 cm³/mol. The molecule has 0 spiro atoms. The first-order valence-corrected chi connectivity index (χ1v) is 9.63. The van der Waals surface area contributed by atoms with Gasteiger partial charge in [0.05, 0.1) is 17.2 Å². The minimum Gasteiger partial charge on any atom is -0.355 e. The standard InChI is InChI=1S/C22H19FN4O2/c23-16-6-7-18-19(12-16)26-21(25-18)15-8-10-27(11-9-15)22(28)17-13-24-29-20(17)14-4-2-1-3-5-14/h1-7,12-13,15H,8-11H2,(H,25,26). The van der Waals surface area contributed by atoms with Crippen LogP contribution in [0.3, 0.4) is 0 Å². The lowest BCUT2D eigenvalue weighted by Gasteiger charge is -2.31. The van der Waals surface area contributed by atoms with Gasteiger partial charge < -0.3 is 14.4 Å². The van der Waals surface area contributed by atoms with Gasteiger partial charge in [-0.25, -0.2) is 9.37 Å². The third-order valence-corrected chi connectivity index (χ3v) is 5.47. The molecule has 4 aromatic rings. The summed E-state index contributed by atoms with van der Waals surface area (Å²) in [6.07, 6.45) is 3.07. The number of amides is 1. The normalized spacial score (nSPS) is 15.1. The molecule has 0 unspecified atom stereocenters. The van der Waals surface area contributed by atoms with Crippen molar-refractivity contribution in [1.82, 2.24) is 20.0 Å². The largest absolute Gasteiger partial charge is 0.355 e. The number of hydrogen-bond acceptors (Lipinski definition) is 4. The molecule has 1 aliphatic heterocycles. The van der Waals surface area contributed by atoms with Crippen molar-refractivity contribution >= 4 is 16.9 Å². The lowest BCUT2D eigenvalue weighted by Crippen LogP contribution is -2.38. The van der Waals surface area contributed by atoms with E-state index in [1.807, 2.05) is 35.2 Å². The number of carbonyl (C=O) groups is 1. The minimum absolute atomic E-state index is 0.0739. The number of nitrogens with one attached hydrogen (secondary N) is 1. The van der Waals surface area contributed by atoms with Crippen LogP contribution in [0.15, 0.2) is 59.3 Å². The van der Waals surface area contributed by atoms with Gasteiger partial charge in [0.2, 0.25) is 0 Å². The second-order valence-corrected chi connectivity index (χ2v) is 7.28. The van der Waals surface area contributed by atoms with Crippen LogP contribution in [0.1, 0.15) is 34.9 Å². The smallest absolute Gasteiger partial charge is 0.259 e. The summed E-state index contributed by atoms with van der Waals surface area (Å²) in [5.74, 6) is 1.21. The number of aromatic nitrogens is 3. The number of piperidine rings is 1. The zero-order valence-corrected chi connectivity index (χ0v) is 15.6. The first kappa shape index (κ1) is 17.6. The molecule has 1 saturated heterocycles. The Balaban J connectivity index is 1.31. The van der Waals surface area contributed by atoms with E-state index in [-0.39, 0.29) is 17.6 Å². The van der Waals surface area contributed by atoms with E-state index in [1.54, 1.807) is 6.07 Å². The van der Waals surface area contributed by atoms with Crippen LogP contribution in [0, 0.1) is 5.82 Å². The number of aromatic amines is 1. The topological polar surface area (TPSA) is 75.0 Å². The molecule has 1 amide bonds. The molecule has 2 aromatic carbocycles. The van der Waals surface area contributed by atoms with Gasteiger partial charge in [0.25, 0.3) is 5.91 Å². The average Bonchev–Trinajstić information content (AvgIpc) is 3.41. The molecule has 0 aliphatic carbocycles. The van der Waals surface area contributed by atoms with Gasteiger partial charge in [0, 0.05) is 24.6 Å². The Morgan fingerprint density at radius 3 is 2.72 bits per heavy atom. The number of nitrogens with zero attached hydrogens (tertiary/aromatic N) is 3. The number of fused-ring (bicyclic) bond motifs is 1. The maximum atomic E-state index is 13.4. The predicted octanol–water partition coefficient (Wildman–Crippen LogP) is 4.38. The molecule has 1 fully saturated rings. The Labute approximate surface area is 166 Å². The Bertz CT molecular complexity index is 1160. The SMILES string of the molecule is O=C(c1cnoc1-c1ccccc1)N1CCC(c2nc3ccc(F)cc3[nH]2)CC1. The first-order chi connectivity index (χ1) is 14.2. The molecule has 2 aromatic heterocycles. The molecular formula is C22H19FN4O2. The zero-order chi connectivity index (χ0) is 19.8. The van der Waals surface area contributed by atoms with Crippen molar-refractivity contribution in [3.05, 3.63) is 71.9 Å². The molecule has 29 heavy (non-hydrogen) atoms. The van der Waals surface area contributed by atoms with Crippen LogP contribution >= 0.6 is 0 Å². The van der Waals surface area contributed by atoms with Gasteiger partial charge in [-0.3, -0.25) is 4.79 Å². The minimum atomic E-state index is -0.281. The fraction of sp³-hybridized carbons (Fsp3) is 0.227. The second kappa shape index (κ2) is 7.16. The first-order valence-electron chi connectivity index (χ1n) is 9.63. The maximum Gasteiger partial charge on any atom is 0.259 e. The Kier molecular flexibility index (Phi) is 4.35. The van der Waals surface area contributed by atoms with Crippen LogP contribution in [-0.4, -0.2) is 39.0 Å². The lowest BCUT2D eigenvalue weighted by atomic mass is 9.95. The molecule has 5 rings (SSSR count). The number of likely N-dealkylation sites (tertiary alicyclic amines) is 1. The summed E-state index contributed by atoms with van der Waals surface area (Å²) in [6, 6.07) is 14.1. The van der Waals surface area contributed by atoms with Crippen molar-refractivity contribution in [3.8, 4) is 11.3 Å². The van der Waals surface area contributed by atoms with Gasteiger partial charge in [-0.05, 0) is 31.0 Å². The van der Waals surface area contributed by atoms with E-state index in [0.717, 1.165) is 29.7 Å². The van der Waals surface area contributed by atoms with Crippen molar-refractivity contribution in [2.24, 2.45) is 0 Å². The molecule has 0 saturated carbocycles. The van der Waals surface area contributed by atoms with Gasteiger partial charge >= 0.3 is 0 Å². The van der Waals surface area contributed by atoms with Gasteiger partial charge in [-0.2, -0.15) is 0 Å². The number of imidazole rings is 1. The average molecular weight is 390 g/mol. The van der Waals surface area contributed by atoms with Gasteiger partial charge in [-0.1, -0.05) is 35.5 Å². The van der Waals surface area contributed by atoms with Crippen LogP contribution in [0.5, 0.6) is 0 Å². The van der Waals surface area contributed by atoms with Gasteiger partial charge in [0.15, 0.2) is 5.76 Å². The van der Waals surface area contributed by atoms with E-state index >= 15 is 0 Å². The maximum absolute atomic E-state index is 13.4. The summed E-state index contributed by atoms with van der Waals surface area (Å²) in [7, 11) is 0. The van der Waals surface area contributed by atoms with Crippen LogP contribution in [0.25, 0.3) is 22.4 Å². The van der Waals surface area contributed by atoms with Crippen LogP contribution in [0.2, 0.25) is 0 Å². The Morgan fingerprint density at radius 1 is 1.14 bits per heavy atom. The van der Waals surface area contributed by atoms with Crippen molar-refractivity contribution in [1.29, 1.82) is 0 Å². The van der Waals surface area contributed by atoms with Crippen molar-refractivity contribution in [2.45, 2.75) is 18.8 Å². The van der Waals surface area contributed by atoms with E-state index in [0.29, 0.717) is 29.9 Å². The highest BCUT2D eigenvalue weighted by Crippen LogP contribution is 2.30. The molecule has 6 nitrogen and oxygen atoms in total. The Morgan fingerprint density at radius 2 is 1.93 bits per heavy atom. The molecule has 0 bridgehead atoms. The number of H-pyrrole nitrogens is 1. The molecule has 7 heteroatoms. The highest BCUT2D eigenvalue weighted by molar-refractivity contribution is 5.99. The fourth-order valence-electron chi connectivity index (χ4n) is 3.91. The van der Waals surface area contributed by atoms with Gasteiger partial charge in [0.1, 0.15) is 17.2 Å². The molecule has 1 N–H and O–H groups in total. The number of halogens is 1. The fourth-order valence-corrected chi connectivity index (χ4v) is 3.91. The highest BCUT2D eigenvalue weighted by atomic mass is 19.1. The summed E-state index contributed by atoms with van der Waals surface area (Å²) in [4.78, 5) is 22.7. The van der Waals surface area contributed by atoms with Crippen molar-refractivity contribution < 1.29 is 13.7 Å². The second-order valence-electron chi connectivity index (χ2n) is 7.28. The van der Waals surface area contributed by atoms with Crippen molar-refractivity contribution in [2.75, 3.05) is 13.1 Å². The van der Waals surface area contributed by atoms with E-state index < -0.39 is 0 Å². The molecule has 0 radical (unpaired) electrons. The van der Waals surface area contributed by atoms with Crippen LogP contribution in [0.4, 0.5) is 4.39 Å². The molecule has 1 aliphatic rings. The van der Waals surface area contributed by atoms with Gasteiger partial charge in [-0.15, -0.1) is 0 Å². The summed E-state index contributed by atoms with van der Waals surface area (Å²) in [6.45, 7) is 1.24. The molecule has 146 valence electrons. The third kappa shape index (κ3) is 3.29. The third-order valence-electron chi connectivity index (χ3n) is 5.47. The summed E-state index contributed by atoms with van der Waals surface area (Å²) in [5, 5.41) is 3.84. The van der Waals surface area contributed by atoms with Crippen LogP contribution in [-0.2, 0) is 0 Å². The lowest BCUT2D eigenvalue weighted by molar-refractivity contribution is 0.0711. The van der Waals surface area contributed by atoms with Crippen molar-refractivity contribution in [3.63, 3.8) is 0 Å². The highest BCUT2D eigenvalue weighted by Gasteiger charge is 2.29. The zero-order valence-electron chi connectivity index (χ0n) is 15.6. The molecule has 0 atom stereocenters. The summed E-state index contributed by atoms with van der Waals surface area (Å²) in [5.41, 5.74) is 2.78. The summed E-state index contributed by atoms with van der Waals surface area (Å²) < 4.78 is 18.8. The van der Waals surface area contributed by atoms with E-state index in [9.17, 15) is 9.18 Å². The van der Waals surface area contributed by atoms with E-state index in [2.05, 4.69) is 15.1 Å². The number of benzene rings is 2. The van der Waals surface area contributed by atoms with Crippen LogP contribution < -0.4 is 0 Å². The number of carbonyl (C=O) groups excluding carboxylic acids is 1. The Hall–Kier alpha value is -3.48. The summed E-state index contributed by atoms with van der Waals surface area (Å²) >= 11 is 0. The number of rotatable bonds is 3.